The molecular weight excluding hydrogens is 275 g/mol. The Balaban J connectivity index is 4.87. The van der Waals surface area contributed by atoms with Crippen LogP contribution in [0.2, 0.25) is 0 Å². The molecule has 1 atom stereocenters. The Morgan fingerprint density at radius 2 is 2.00 bits per heavy atom. The fourth-order valence-corrected chi connectivity index (χ4v) is 2.49. The van der Waals surface area contributed by atoms with Gasteiger partial charge in [0.1, 0.15) is 6.04 Å². The topological polar surface area (TPSA) is 74.7 Å². The number of hydrogen-bond acceptors (Lipinski definition) is 3. The molecule has 0 radical (unpaired) electrons. The van der Waals surface area contributed by atoms with E-state index in [0.717, 1.165) is 7.05 Å². The van der Waals surface area contributed by atoms with Crippen LogP contribution in [0.4, 0.5) is 13.2 Å². The lowest BCUT2D eigenvalue weighted by atomic mass is 10.2. The molecule has 5 nitrogen and oxygen atoms in total. The van der Waals surface area contributed by atoms with Crippen molar-refractivity contribution in [2.75, 3.05) is 12.8 Å². The number of hydrogen-bond donors (Lipinski definition) is 1. The number of aliphatic carboxylic acids is 1. The highest BCUT2D eigenvalue weighted by atomic mass is 32.2. The molecule has 0 aromatic rings. The summed E-state index contributed by atoms with van der Waals surface area (Å²) in [6.45, 7) is 3.27. The molecule has 1 N–H and O–H groups in total. The number of likely N-dealkylation sites (N-methyl/N-ethyl adjacent to an activating group) is 1. The molecule has 0 rings (SSSR count). The van der Waals surface area contributed by atoms with Crippen molar-refractivity contribution in [3.63, 3.8) is 0 Å². The summed E-state index contributed by atoms with van der Waals surface area (Å²) in [6, 6.07) is -1.44. The highest BCUT2D eigenvalue weighted by Crippen LogP contribution is 2.21. The van der Waals surface area contributed by atoms with E-state index in [2.05, 4.69) is 6.58 Å². The van der Waals surface area contributed by atoms with Crippen molar-refractivity contribution in [3.8, 4) is 0 Å². The number of carboxylic acid groups (broad SMARTS) is 1. The van der Waals surface area contributed by atoms with Crippen LogP contribution in [-0.4, -0.2) is 48.8 Å². The zero-order chi connectivity index (χ0) is 14.6. The van der Waals surface area contributed by atoms with Crippen molar-refractivity contribution in [1.29, 1.82) is 0 Å². The molecule has 106 valence electrons. The van der Waals surface area contributed by atoms with Crippen LogP contribution in [0.5, 0.6) is 0 Å². The van der Waals surface area contributed by atoms with Gasteiger partial charge in [0.05, 0.1) is 12.2 Å². The molecule has 0 saturated heterocycles. The Bertz CT molecular complexity index is 405. The van der Waals surface area contributed by atoms with Gasteiger partial charge in [0.25, 0.3) is 0 Å². The van der Waals surface area contributed by atoms with E-state index < -0.39 is 40.4 Å². The van der Waals surface area contributed by atoms with Crippen molar-refractivity contribution >= 4 is 16.0 Å². The van der Waals surface area contributed by atoms with Gasteiger partial charge >= 0.3 is 12.1 Å². The first-order chi connectivity index (χ1) is 8.01. The lowest BCUT2D eigenvalue weighted by molar-refractivity contribution is -0.141. The van der Waals surface area contributed by atoms with Crippen molar-refractivity contribution in [3.05, 3.63) is 12.7 Å². The van der Waals surface area contributed by atoms with E-state index in [1.807, 2.05) is 0 Å². The van der Waals surface area contributed by atoms with Gasteiger partial charge in [-0.3, -0.25) is 4.79 Å². The average Bonchev–Trinajstić information content (AvgIpc) is 2.21. The third-order valence-electron chi connectivity index (χ3n) is 2.20. The van der Waals surface area contributed by atoms with E-state index >= 15 is 0 Å². The molecule has 0 saturated carbocycles. The standard InChI is InChI=1S/C9H14F3NO4S/c1-3-4-7(8(14)15)13(2)18(16,17)6-5-9(10,11)12/h3,7H,1,4-6H2,2H3,(H,14,15)/t7-/m0/s1. The average molecular weight is 289 g/mol. The van der Waals surface area contributed by atoms with Crippen molar-refractivity contribution in [2.24, 2.45) is 0 Å². The van der Waals surface area contributed by atoms with Gasteiger partial charge in [0.15, 0.2) is 0 Å². The molecule has 0 aliphatic heterocycles. The number of carbonyl (C=O) groups is 1. The van der Waals surface area contributed by atoms with E-state index in [4.69, 9.17) is 5.11 Å². The monoisotopic (exact) mass is 289 g/mol. The number of halogens is 3. The van der Waals surface area contributed by atoms with Crippen LogP contribution < -0.4 is 0 Å². The first kappa shape index (κ1) is 16.9. The first-order valence-electron chi connectivity index (χ1n) is 4.87. The molecule has 0 heterocycles. The van der Waals surface area contributed by atoms with Gasteiger partial charge in [-0.05, 0) is 6.42 Å². The van der Waals surface area contributed by atoms with Crippen LogP contribution in [0.1, 0.15) is 12.8 Å². The highest BCUT2D eigenvalue weighted by Gasteiger charge is 2.35. The van der Waals surface area contributed by atoms with E-state index in [-0.39, 0.29) is 6.42 Å². The predicted octanol–water partition coefficient (Wildman–Crippen LogP) is 1.23. The van der Waals surface area contributed by atoms with Crippen molar-refractivity contribution in [1.82, 2.24) is 4.31 Å². The summed E-state index contributed by atoms with van der Waals surface area (Å²) < 4.78 is 59.3. The van der Waals surface area contributed by atoms with E-state index in [1.54, 1.807) is 0 Å². The first-order valence-corrected chi connectivity index (χ1v) is 6.48. The van der Waals surface area contributed by atoms with Gasteiger partial charge in [-0.15, -0.1) is 6.58 Å². The maximum Gasteiger partial charge on any atom is 0.390 e. The second-order valence-electron chi connectivity index (χ2n) is 3.58. The molecule has 9 heteroatoms. The van der Waals surface area contributed by atoms with Gasteiger partial charge < -0.3 is 5.11 Å². The maximum absolute atomic E-state index is 11.9. The molecule has 0 spiro atoms. The maximum atomic E-state index is 11.9. The van der Waals surface area contributed by atoms with Gasteiger partial charge in [-0.25, -0.2) is 8.42 Å². The van der Waals surface area contributed by atoms with Crippen molar-refractivity contribution in [2.45, 2.75) is 25.1 Å². The van der Waals surface area contributed by atoms with Crippen LogP contribution in [0.3, 0.4) is 0 Å². The second kappa shape index (κ2) is 6.19. The van der Waals surface area contributed by atoms with Gasteiger partial charge in [-0.1, -0.05) is 6.08 Å². The summed E-state index contributed by atoms with van der Waals surface area (Å²) in [7, 11) is -3.34. The Morgan fingerprint density at radius 3 is 2.33 bits per heavy atom. The Labute approximate surface area is 103 Å². The Kier molecular flexibility index (Phi) is 5.81. The minimum absolute atomic E-state index is 0.183. The minimum atomic E-state index is -4.61. The molecule has 0 bridgehead atoms. The number of alkyl halides is 3. The van der Waals surface area contributed by atoms with Gasteiger partial charge in [0.2, 0.25) is 10.0 Å². The highest BCUT2D eigenvalue weighted by molar-refractivity contribution is 7.89. The van der Waals surface area contributed by atoms with Crippen molar-refractivity contribution < 1.29 is 31.5 Å². The normalized spacial score (nSPS) is 14.5. The summed E-state index contributed by atoms with van der Waals surface area (Å²) in [5.74, 6) is -2.61. The second-order valence-corrected chi connectivity index (χ2v) is 5.72. The van der Waals surface area contributed by atoms with Crippen LogP contribution in [0, 0.1) is 0 Å². The fourth-order valence-electron chi connectivity index (χ4n) is 1.15. The van der Waals surface area contributed by atoms with E-state index in [0.29, 0.717) is 4.31 Å². The van der Waals surface area contributed by atoms with Crippen LogP contribution in [0.25, 0.3) is 0 Å². The fraction of sp³-hybridized carbons (Fsp3) is 0.667. The van der Waals surface area contributed by atoms with Gasteiger partial charge in [0, 0.05) is 7.05 Å². The minimum Gasteiger partial charge on any atom is -0.480 e. The molecule has 0 aliphatic rings. The molecule has 0 aromatic heterocycles. The molecule has 0 fully saturated rings. The summed E-state index contributed by atoms with van der Waals surface area (Å²) in [4.78, 5) is 10.8. The Morgan fingerprint density at radius 1 is 1.50 bits per heavy atom. The molecule has 0 unspecified atom stereocenters. The SMILES string of the molecule is C=CC[C@@H](C(=O)O)N(C)S(=O)(=O)CCC(F)(F)F. The zero-order valence-corrected chi connectivity index (χ0v) is 10.5. The molecule has 18 heavy (non-hydrogen) atoms. The number of nitrogens with zero attached hydrogens (tertiary/aromatic N) is 1. The van der Waals surface area contributed by atoms with E-state index in [1.165, 1.54) is 6.08 Å². The van der Waals surface area contributed by atoms with Gasteiger partial charge in [-0.2, -0.15) is 17.5 Å². The summed E-state index contributed by atoms with van der Waals surface area (Å²) >= 11 is 0. The van der Waals surface area contributed by atoms with Crippen LogP contribution in [0.15, 0.2) is 12.7 Å². The predicted molar refractivity (Wildman–Crippen MR) is 58.5 cm³/mol. The lowest BCUT2D eigenvalue weighted by Gasteiger charge is -2.23. The third-order valence-corrected chi connectivity index (χ3v) is 4.05. The number of rotatable bonds is 7. The quantitative estimate of drug-likeness (QED) is 0.715. The molecule has 0 aromatic carbocycles. The summed E-state index contributed by atoms with van der Waals surface area (Å²) in [5, 5.41) is 8.79. The zero-order valence-electron chi connectivity index (χ0n) is 9.64. The lowest BCUT2D eigenvalue weighted by Crippen LogP contribution is -2.43. The summed E-state index contributed by atoms with van der Waals surface area (Å²) in [5.41, 5.74) is 0. The number of sulfonamides is 1. The Hall–Kier alpha value is -1.09. The largest absolute Gasteiger partial charge is 0.480 e. The molecule has 0 amide bonds. The number of carboxylic acids is 1. The van der Waals surface area contributed by atoms with E-state index in [9.17, 15) is 26.4 Å². The summed E-state index contributed by atoms with van der Waals surface area (Å²) in [6.07, 6.45) is -5.11. The third kappa shape index (κ3) is 5.50. The van der Waals surface area contributed by atoms with Crippen LogP contribution in [-0.2, 0) is 14.8 Å². The molecular formula is C9H14F3NO4S. The smallest absolute Gasteiger partial charge is 0.390 e. The van der Waals surface area contributed by atoms with Crippen LogP contribution >= 0.6 is 0 Å². The molecule has 0 aliphatic carbocycles.